The first kappa shape index (κ1) is 13.4. The van der Waals surface area contributed by atoms with Crippen LogP contribution in [0.25, 0.3) is 5.57 Å². The summed E-state index contributed by atoms with van der Waals surface area (Å²) in [7, 11) is 1.41. The highest BCUT2D eigenvalue weighted by atomic mass is 19.4. The van der Waals surface area contributed by atoms with E-state index in [4.69, 9.17) is 9.47 Å². The minimum Gasteiger partial charge on any atom is -0.481 e. The molecular formula is C14H14F3NO2. The van der Waals surface area contributed by atoms with Crippen molar-refractivity contribution in [3.8, 4) is 5.88 Å². The molecule has 2 unspecified atom stereocenters. The van der Waals surface area contributed by atoms with Gasteiger partial charge in [0.1, 0.15) is 0 Å². The number of hydrogen-bond donors (Lipinski definition) is 0. The van der Waals surface area contributed by atoms with Gasteiger partial charge in [0.05, 0.1) is 24.9 Å². The third kappa shape index (κ3) is 2.40. The highest BCUT2D eigenvalue weighted by molar-refractivity contribution is 5.71. The van der Waals surface area contributed by atoms with Gasteiger partial charge in [0.25, 0.3) is 0 Å². The normalized spacial score (nSPS) is 25.5. The van der Waals surface area contributed by atoms with Crippen LogP contribution in [-0.2, 0) is 10.9 Å². The molecule has 6 heteroatoms. The molecule has 2 bridgehead atoms. The van der Waals surface area contributed by atoms with Gasteiger partial charge in [0.2, 0.25) is 5.88 Å². The highest BCUT2D eigenvalue weighted by Crippen LogP contribution is 2.40. The van der Waals surface area contributed by atoms with E-state index in [1.807, 2.05) is 6.08 Å². The Morgan fingerprint density at radius 3 is 2.80 bits per heavy atom. The van der Waals surface area contributed by atoms with Crippen molar-refractivity contribution >= 4 is 5.57 Å². The molecular weight excluding hydrogens is 271 g/mol. The second-order valence-electron chi connectivity index (χ2n) is 5.05. The Labute approximate surface area is 114 Å². The fraction of sp³-hybridized carbons (Fsp3) is 0.500. The summed E-state index contributed by atoms with van der Waals surface area (Å²) in [6.45, 7) is 0. The van der Waals surface area contributed by atoms with Crippen molar-refractivity contribution < 1.29 is 22.6 Å². The molecule has 2 atom stereocenters. The fourth-order valence-electron chi connectivity index (χ4n) is 2.74. The average Bonchev–Trinajstić information content (AvgIpc) is 2.75. The minimum absolute atomic E-state index is 0.00278. The van der Waals surface area contributed by atoms with E-state index in [-0.39, 0.29) is 18.1 Å². The Bertz CT molecular complexity index is 554. The maximum atomic E-state index is 12.8. The number of pyridine rings is 1. The van der Waals surface area contributed by atoms with Crippen molar-refractivity contribution in [2.45, 2.75) is 37.6 Å². The van der Waals surface area contributed by atoms with Crippen LogP contribution in [0.1, 0.15) is 30.4 Å². The number of methoxy groups -OCH3 is 1. The Kier molecular flexibility index (Phi) is 3.20. The molecule has 1 fully saturated rings. The van der Waals surface area contributed by atoms with E-state index in [2.05, 4.69) is 4.98 Å². The maximum Gasteiger partial charge on any atom is 0.417 e. The van der Waals surface area contributed by atoms with Gasteiger partial charge in [-0.2, -0.15) is 13.2 Å². The second-order valence-corrected chi connectivity index (χ2v) is 5.05. The van der Waals surface area contributed by atoms with Gasteiger partial charge in [-0.25, -0.2) is 4.98 Å². The summed E-state index contributed by atoms with van der Waals surface area (Å²) in [4.78, 5) is 3.79. The Morgan fingerprint density at radius 2 is 2.15 bits per heavy atom. The standard InChI is InChI=1S/C14H14F3NO2/c1-19-13-12(6-9(7-18-13)14(15,16)17)8-4-10-2-3-11(5-8)20-10/h4,6-7,10-11H,2-3,5H2,1H3. The summed E-state index contributed by atoms with van der Waals surface area (Å²) < 4.78 is 49.2. The first-order valence-electron chi connectivity index (χ1n) is 6.45. The molecule has 1 aromatic rings. The summed E-state index contributed by atoms with van der Waals surface area (Å²) in [5, 5.41) is 0. The van der Waals surface area contributed by atoms with Gasteiger partial charge < -0.3 is 9.47 Å². The number of aromatic nitrogens is 1. The number of ether oxygens (including phenoxy) is 2. The van der Waals surface area contributed by atoms with Crippen molar-refractivity contribution in [2.75, 3.05) is 7.11 Å². The van der Waals surface area contributed by atoms with E-state index in [1.54, 1.807) is 0 Å². The molecule has 2 aliphatic rings. The lowest BCUT2D eigenvalue weighted by Crippen LogP contribution is -2.16. The van der Waals surface area contributed by atoms with Gasteiger partial charge >= 0.3 is 6.18 Å². The smallest absolute Gasteiger partial charge is 0.417 e. The SMILES string of the molecule is COc1ncc(C(F)(F)F)cc1C1=CC2CCC(C1)O2. The molecule has 1 aromatic heterocycles. The van der Waals surface area contributed by atoms with Crippen molar-refractivity contribution in [2.24, 2.45) is 0 Å². The van der Waals surface area contributed by atoms with E-state index < -0.39 is 11.7 Å². The van der Waals surface area contributed by atoms with Crippen LogP contribution in [0.3, 0.4) is 0 Å². The third-order valence-electron chi connectivity index (χ3n) is 3.69. The summed E-state index contributed by atoms with van der Waals surface area (Å²) in [5.74, 6) is 0.227. The van der Waals surface area contributed by atoms with Crippen molar-refractivity contribution in [3.63, 3.8) is 0 Å². The molecule has 2 aliphatic heterocycles. The number of alkyl halides is 3. The van der Waals surface area contributed by atoms with Crippen LogP contribution in [0.5, 0.6) is 5.88 Å². The maximum absolute atomic E-state index is 12.8. The lowest BCUT2D eigenvalue weighted by atomic mass is 9.98. The van der Waals surface area contributed by atoms with Gasteiger partial charge in [-0.1, -0.05) is 6.08 Å². The highest BCUT2D eigenvalue weighted by Gasteiger charge is 2.34. The van der Waals surface area contributed by atoms with Gasteiger partial charge in [0.15, 0.2) is 0 Å². The lowest BCUT2D eigenvalue weighted by molar-refractivity contribution is -0.137. The fourth-order valence-corrected chi connectivity index (χ4v) is 2.74. The average molecular weight is 285 g/mol. The number of rotatable bonds is 2. The molecule has 0 aliphatic carbocycles. The summed E-state index contributed by atoms with van der Waals surface area (Å²) in [6, 6.07) is 1.11. The zero-order valence-corrected chi connectivity index (χ0v) is 10.9. The number of nitrogens with zero attached hydrogens (tertiary/aromatic N) is 1. The van der Waals surface area contributed by atoms with E-state index >= 15 is 0 Å². The molecule has 3 nitrogen and oxygen atoms in total. The topological polar surface area (TPSA) is 31.4 Å². The Morgan fingerprint density at radius 1 is 1.35 bits per heavy atom. The monoisotopic (exact) mass is 285 g/mol. The van der Waals surface area contributed by atoms with Crippen LogP contribution < -0.4 is 4.74 Å². The zero-order valence-electron chi connectivity index (χ0n) is 10.9. The van der Waals surface area contributed by atoms with Crippen LogP contribution in [0.2, 0.25) is 0 Å². The van der Waals surface area contributed by atoms with Crippen molar-refractivity contribution in [1.29, 1.82) is 0 Å². The molecule has 1 saturated heterocycles. The van der Waals surface area contributed by atoms with Crippen LogP contribution in [0.4, 0.5) is 13.2 Å². The predicted molar refractivity (Wildman–Crippen MR) is 66.3 cm³/mol. The van der Waals surface area contributed by atoms with Crippen LogP contribution in [0, 0.1) is 0 Å². The van der Waals surface area contributed by atoms with E-state index in [0.717, 1.165) is 30.7 Å². The number of fused-ring (bicyclic) bond motifs is 2. The molecule has 0 radical (unpaired) electrons. The van der Waals surface area contributed by atoms with Crippen molar-refractivity contribution in [3.05, 3.63) is 29.5 Å². The first-order chi connectivity index (χ1) is 9.47. The van der Waals surface area contributed by atoms with Crippen molar-refractivity contribution in [1.82, 2.24) is 4.98 Å². The quantitative estimate of drug-likeness (QED) is 0.834. The number of halogens is 3. The number of hydrogen-bond acceptors (Lipinski definition) is 3. The van der Waals surface area contributed by atoms with E-state index in [9.17, 15) is 13.2 Å². The predicted octanol–water partition coefficient (Wildman–Crippen LogP) is 3.44. The van der Waals surface area contributed by atoms with Crippen LogP contribution in [-0.4, -0.2) is 24.3 Å². The first-order valence-corrected chi connectivity index (χ1v) is 6.45. The molecule has 3 rings (SSSR count). The van der Waals surface area contributed by atoms with E-state index in [0.29, 0.717) is 12.0 Å². The summed E-state index contributed by atoms with van der Waals surface area (Å²) in [6.07, 6.45) is 0.860. The Hall–Kier alpha value is -1.56. The van der Waals surface area contributed by atoms with Gasteiger partial charge in [0, 0.05) is 11.8 Å². The third-order valence-corrected chi connectivity index (χ3v) is 3.69. The van der Waals surface area contributed by atoms with Crippen LogP contribution >= 0.6 is 0 Å². The molecule has 0 spiro atoms. The molecule has 0 N–H and O–H groups in total. The van der Waals surface area contributed by atoms with Crippen LogP contribution in [0.15, 0.2) is 18.3 Å². The van der Waals surface area contributed by atoms with Gasteiger partial charge in [-0.3, -0.25) is 0 Å². The molecule has 0 amide bonds. The largest absolute Gasteiger partial charge is 0.481 e. The molecule has 20 heavy (non-hydrogen) atoms. The lowest BCUT2D eigenvalue weighted by Gasteiger charge is -2.22. The van der Waals surface area contributed by atoms with Gasteiger partial charge in [-0.05, 0) is 30.9 Å². The Balaban J connectivity index is 2.03. The molecule has 0 saturated carbocycles. The second kappa shape index (κ2) is 4.77. The van der Waals surface area contributed by atoms with Gasteiger partial charge in [-0.15, -0.1) is 0 Å². The molecule has 3 heterocycles. The molecule has 0 aromatic carbocycles. The van der Waals surface area contributed by atoms with E-state index in [1.165, 1.54) is 7.11 Å². The zero-order chi connectivity index (χ0) is 14.3. The summed E-state index contributed by atoms with van der Waals surface area (Å²) >= 11 is 0. The summed E-state index contributed by atoms with van der Waals surface area (Å²) in [5.41, 5.74) is 0.495. The minimum atomic E-state index is -4.40. The molecule has 108 valence electrons.